The summed E-state index contributed by atoms with van der Waals surface area (Å²) in [5, 5.41) is 10.2. The van der Waals surface area contributed by atoms with Crippen LogP contribution in [0.1, 0.15) is 35.4 Å². The van der Waals surface area contributed by atoms with Gasteiger partial charge in [-0.1, -0.05) is 18.6 Å². The molecule has 0 unspecified atom stereocenters. The van der Waals surface area contributed by atoms with Crippen LogP contribution in [0.3, 0.4) is 0 Å². The molecule has 1 amide bonds. The fraction of sp³-hybridized carbons (Fsp3) is 0.323. The first kappa shape index (κ1) is 25.8. The van der Waals surface area contributed by atoms with E-state index >= 15 is 0 Å². The molecule has 208 valence electrons. The minimum Gasteiger partial charge on any atom is -0.340 e. The van der Waals surface area contributed by atoms with Crippen molar-refractivity contribution in [3.63, 3.8) is 0 Å². The second-order valence-corrected chi connectivity index (χ2v) is 11.8. The van der Waals surface area contributed by atoms with Crippen molar-refractivity contribution >= 4 is 49.9 Å². The van der Waals surface area contributed by atoms with Gasteiger partial charge in [0.1, 0.15) is 17.0 Å². The number of thiophene rings is 1. The van der Waals surface area contributed by atoms with Crippen LogP contribution in [0.5, 0.6) is 0 Å². The summed E-state index contributed by atoms with van der Waals surface area (Å²) >= 11 is 1.66. The second kappa shape index (κ2) is 11.4. The molecule has 1 aromatic carbocycles. The summed E-state index contributed by atoms with van der Waals surface area (Å²) in [7, 11) is 0. The van der Waals surface area contributed by atoms with Gasteiger partial charge in [-0.05, 0) is 68.2 Å². The summed E-state index contributed by atoms with van der Waals surface area (Å²) in [6, 6.07) is 12.2. The summed E-state index contributed by atoms with van der Waals surface area (Å²) in [4.78, 5) is 33.1. The highest BCUT2D eigenvalue weighted by Crippen LogP contribution is 2.38. The van der Waals surface area contributed by atoms with Crippen molar-refractivity contribution < 1.29 is 4.79 Å². The fourth-order valence-electron chi connectivity index (χ4n) is 5.83. The van der Waals surface area contributed by atoms with Gasteiger partial charge in [-0.2, -0.15) is 5.10 Å². The smallest absolute Gasteiger partial charge is 0.246 e. The van der Waals surface area contributed by atoms with Crippen molar-refractivity contribution in [3.05, 3.63) is 83.4 Å². The minimum atomic E-state index is 0.0893. The molecular weight excluding hydrogens is 532 g/mol. The summed E-state index contributed by atoms with van der Waals surface area (Å²) < 4.78 is 1.97. The molecule has 7 rings (SSSR count). The van der Waals surface area contributed by atoms with Crippen molar-refractivity contribution in [3.8, 4) is 0 Å². The maximum absolute atomic E-state index is 13.0. The van der Waals surface area contributed by atoms with Crippen LogP contribution in [-0.2, 0) is 24.3 Å². The van der Waals surface area contributed by atoms with Gasteiger partial charge in [0.25, 0.3) is 0 Å². The molecule has 1 fully saturated rings. The number of pyridine rings is 1. The number of nitrogens with zero attached hydrogens (tertiary/aromatic N) is 7. The highest BCUT2D eigenvalue weighted by Gasteiger charge is 2.25. The topological polar surface area (TPSA) is 92.1 Å². The van der Waals surface area contributed by atoms with E-state index < -0.39 is 0 Å². The molecule has 0 aliphatic carbocycles. The van der Waals surface area contributed by atoms with E-state index in [1.165, 1.54) is 29.7 Å². The molecule has 10 heteroatoms. The monoisotopic (exact) mass is 564 g/mol. The van der Waals surface area contributed by atoms with Gasteiger partial charge >= 0.3 is 0 Å². The van der Waals surface area contributed by atoms with Crippen LogP contribution in [0.15, 0.2) is 67.3 Å². The van der Waals surface area contributed by atoms with E-state index in [4.69, 9.17) is 0 Å². The predicted octanol–water partition coefficient (Wildman–Crippen LogP) is 5.15. The number of nitrogens with one attached hydrogen (secondary N) is 1. The Labute approximate surface area is 242 Å². The molecule has 1 N–H and O–H groups in total. The average Bonchev–Trinajstić information content (AvgIpc) is 3.59. The molecule has 0 atom stereocenters. The zero-order valence-corrected chi connectivity index (χ0v) is 23.7. The van der Waals surface area contributed by atoms with Crippen LogP contribution in [0.2, 0.25) is 0 Å². The third kappa shape index (κ3) is 5.45. The Morgan fingerprint density at radius 3 is 2.85 bits per heavy atom. The molecule has 0 radical (unpaired) electrons. The molecule has 41 heavy (non-hydrogen) atoms. The number of piperidine rings is 1. The molecule has 4 aromatic heterocycles. The van der Waals surface area contributed by atoms with Crippen molar-refractivity contribution in [1.29, 1.82) is 0 Å². The molecule has 2 aliphatic rings. The lowest BCUT2D eigenvalue weighted by Gasteiger charge is -2.27. The Morgan fingerprint density at radius 2 is 1.98 bits per heavy atom. The summed E-state index contributed by atoms with van der Waals surface area (Å²) in [5.41, 5.74) is 4.22. The van der Waals surface area contributed by atoms with Crippen LogP contribution < -0.4 is 5.32 Å². The summed E-state index contributed by atoms with van der Waals surface area (Å²) in [6.45, 7) is 5.06. The number of carbonyl (C=O) groups excluding carboxylic acids is 1. The number of rotatable bonds is 7. The zero-order chi connectivity index (χ0) is 27.6. The number of anilines is 2. The number of likely N-dealkylation sites (tertiary alicyclic amines) is 1. The first-order chi connectivity index (χ1) is 20.2. The number of benzene rings is 1. The Balaban J connectivity index is 1.07. The van der Waals surface area contributed by atoms with Crippen LogP contribution in [-0.4, -0.2) is 66.6 Å². The number of hydrogen-bond donors (Lipinski definition) is 1. The molecule has 1 saturated heterocycles. The van der Waals surface area contributed by atoms with E-state index in [0.717, 1.165) is 64.4 Å². The standard InChI is InChI=1S/C31H32N8OS/c40-28(8-6-15-37-13-4-1-5-14-37)38-16-11-25-27(20-38)41-31-29(25)30(33-21-34-31)36-23-9-10-26-22(17-23)18-35-39(26)19-24-7-2-3-12-32-24/h2-3,6-10,12,17-18,21H,1,4-5,11,13-16,19-20H2,(H,33,34,36)/b8-6+. The van der Waals surface area contributed by atoms with Gasteiger partial charge in [0.15, 0.2) is 0 Å². The highest BCUT2D eigenvalue weighted by atomic mass is 32.1. The lowest BCUT2D eigenvalue weighted by atomic mass is 10.0. The molecule has 2 aliphatic heterocycles. The van der Waals surface area contributed by atoms with Gasteiger partial charge in [0.2, 0.25) is 5.91 Å². The quantitative estimate of drug-likeness (QED) is 0.273. The maximum atomic E-state index is 13.0. The summed E-state index contributed by atoms with van der Waals surface area (Å²) in [5.74, 6) is 0.889. The van der Waals surface area contributed by atoms with Gasteiger partial charge in [-0.3, -0.25) is 19.4 Å². The van der Waals surface area contributed by atoms with E-state index in [9.17, 15) is 4.79 Å². The van der Waals surface area contributed by atoms with Crippen molar-refractivity contribution in [2.75, 3.05) is 31.5 Å². The lowest BCUT2D eigenvalue weighted by Crippen LogP contribution is -2.34. The second-order valence-electron chi connectivity index (χ2n) is 10.7. The number of amides is 1. The van der Waals surface area contributed by atoms with Crippen LogP contribution in [0, 0.1) is 0 Å². The van der Waals surface area contributed by atoms with Gasteiger partial charge in [-0.15, -0.1) is 11.3 Å². The van der Waals surface area contributed by atoms with Crippen LogP contribution in [0.25, 0.3) is 21.1 Å². The Hall–Kier alpha value is -4.15. The number of aromatic nitrogens is 5. The predicted molar refractivity (Wildman–Crippen MR) is 162 cm³/mol. The molecule has 0 bridgehead atoms. The number of hydrogen-bond acceptors (Lipinski definition) is 8. The van der Waals surface area contributed by atoms with Crippen molar-refractivity contribution in [1.82, 2.24) is 34.5 Å². The first-order valence-electron chi connectivity index (χ1n) is 14.3. The van der Waals surface area contributed by atoms with Crippen molar-refractivity contribution in [2.45, 2.75) is 38.8 Å². The molecule has 5 aromatic rings. The Kier molecular flexibility index (Phi) is 7.16. The third-order valence-corrected chi connectivity index (χ3v) is 9.09. The SMILES string of the molecule is O=C(/C=C/CN1CCCCC1)N1CCc2c(sc3ncnc(Nc4ccc5c(cnn5Cc5ccccn5)c4)c23)C1. The van der Waals surface area contributed by atoms with Gasteiger partial charge in [0.05, 0.1) is 35.9 Å². The van der Waals surface area contributed by atoms with Crippen LogP contribution in [0.4, 0.5) is 11.5 Å². The van der Waals surface area contributed by atoms with E-state index in [1.54, 1.807) is 29.9 Å². The largest absolute Gasteiger partial charge is 0.340 e. The molecule has 9 nitrogen and oxygen atoms in total. The number of carbonyl (C=O) groups is 1. The molecule has 0 spiro atoms. The average molecular weight is 565 g/mol. The lowest BCUT2D eigenvalue weighted by molar-refractivity contribution is -0.126. The van der Waals surface area contributed by atoms with Gasteiger partial charge in [0, 0.05) is 41.3 Å². The first-order valence-corrected chi connectivity index (χ1v) is 15.1. The number of fused-ring (bicyclic) bond motifs is 4. The van der Waals surface area contributed by atoms with Crippen molar-refractivity contribution in [2.24, 2.45) is 0 Å². The molecule has 6 heterocycles. The third-order valence-electron chi connectivity index (χ3n) is 7.96. The Bertz CT molecular complexity index is 1720. The van der Waals surface area contributed by atoms with E-state index in [2.05, 4.69) is 48.5 Å². The van der Waals surface area contributed by atoms with E-state index in [-0.39, 0.29) is 5.91 Å². The highest BCUT2D eigenvalue weighted by molar-refractivity contribution is 7.19. The zero-order valence-electron chi connectivity index (χ0n) is 22.9. The van der Waals surface area contributed by atoms with Gasteiger partial charge in [-0.25, -0.2) is 9.97 Å². The fourth-order valence-corrected chi connectivity index (χ4v) is 7.04. The van der Waals surface area contributed by atoms with Gasteiger partial charge < -0.3 is 10.2 Å². The van der Waals surface area contributed by atoms with E-state index in [1.807, 2.05) is 40.1 Å². The van der Waals surface area contributed by atoms with Crippen LogP contribution >= 0.6 is 11.3 Å². The maximum Gasteiger partial charge on any atom is 0.246 e. The minimum absolute atomic E-state index is 0.0893. The molecular formula is C31H32N8OS. The van der Waals surface area contributed by atoms with E-state index in [0.29, 0.717) is 19.6 Å². The Morgan fingerprint density at radius 1 is 1.05 bits per heavy atom. The molecule has 0 saturated carbocycles. The normalized spacial score (nSPS) is 16.0. The summed E-state index contributed by atoms with van der Waals surface area (Å²) in [6.07, 6.45) is 13.7.